The predicted molar refractivity (Wildman–Crippen MR) is 73.6 cm³/mol. The van der Waals surface area contributed by atoms with Crippen LogP contribution in [0.25, 0.3) is 0 Å². The molecule has 1 unspecified atom stereocenters. The fourth-order valence-corrected chi connectivity index (χ4v) is 2.28. The van der Waals surface area contributed by atoms with Gasteiger partial charge in [0.1, 0.15) is 5.82 Å². The van der Waals surface area contributed by atoms with Crippen molar-refractivity contribution in [2.24, 2.45) is 0 Å². The summed E-state index contributed by atoms with van der Waals surface area (Å²) in [5, 5.41) is 13.2. The van der Waals surface area contributed by atoms with Crippen LogP contribution in [0.4, 0.5) is 10.1 Å². The van der Waals surface area contributed by atoms with Crippen molar-refractivity contribution in [2.75, 3.05) is 13.2 Å². The van der Waals surface area contributed by atoms with Gasteiger partial charge in [-0.15, -0.1) is 0 Å². The van der Waals surface area contributed by atoms with Gasteiger partial charge in [-0.05, 0) is 31.7 Å². The van der Waals surface area contributed by atoms with Crippen LogP contribution in [0.15, 0.2) is 18.2 Å². The first-order valence-corrected chi connectivity index (χ1v) is 6.91. The molecule has 2 rings (SSSR count). The van der Waals surface area contributed by atoms with E-state index in [2.05, 4.69) is 5.32 Å². The fraction of sp³-hybridized carbons (Fsp3) is 0.500. The minimum atomic E-state index is -0.771. The smallest absolute Gasteiger partial charge is 0.270 e. The monoisotopic (exact) mass is 296 g/mol. The van der Waals surface area contributed by atoms with Crippen LogP contribution in [0, 0.1) is 15.9 Å². The Morgan fingerprint density at radius 3 is 2.95 bits per heavy atom. The maximum absolute atomic E-state index is 13.6. The number of hydrogen-bond acceptors (Lipinski definition) is 4. The molecule has 7 heteroatoms. The number of carbonyl (C=O) groups is 1. The Bertz CT molecular complexity index is 530. The highest BCUT2D eigenvalue weighted by Gasteiger charge is 2.18. The van der Waals surface area contributed by atoms with Crippen molar-refractivity contribution in [3.63, 3.8) is 0 Å². The van der Waals surface area contributed by atoms with E-state index < -0.39 is 16.6 Å². The number of carbonyl (C=O) groups excluding carboxylic acids is 1. The summed E-state index contributed by atoms with van der Waals surface area (Å²) < 4.78 is 19.1. The molecule has 0 bridgehead atoms. The molecule has 1 amide bonds. The second kappa shape index (κ2) is 7.12. The molecule has 0 aliphatic carbocycles. The van der Waals surface area contributed by atoms with Gasteiger partial charge in [0.05, 0.1) is 16.6 Å². The highest BCUT2D eigenvalue weighted by atomic mass is 19.1. The molecule has 1 atom stereocenters. The average Bonchev–Trinajstić information content (AvgIpc) is 2.48. The van der Waals surface area contributed by atoms with E-state index in [0.29, 0.717) is 13.0 Å². The van der Waals surface area contributed by atoms with Crippen LogP contribution in [0.1, 0.15) is 36.0 Å². The average molecular weight is 296 g/mol. The number of halogens is 1. The van der Waals surface area contributed by atoms with Crippen molar-refractivity contribution in [3.05, 3.63) is 39.7 Å². The molecule has 0 saturated carbocycles. The van der Waals surface area contributed by atoms with Crippen LogP contribution < -0.4 is 5.32 Å². The van der Waals surface area contributed by atoms with E-state index in [1.165, 1.54) is 0 Å². The molecule has 1 aliphatic rings. The summed E-state index contributed by atoms with van der Waals surface area (Å²) in [6, 6.07) is 2.90. The number of rotatable bonds is 5. The minimum absolute atomic E-state index is 0.119. The van der Waals surface area contributed by atoms with E-state index in [1.807, 2.05) is 0 Å². The van der Waals surface area contributed by atoms with Crippen LogP contribution in [-0.2, 0) is 4.74 Å². The SMILES string of the molecule is O=C(NCCC1CCCCO1)c1cc([N+](=O)[O-])ccc1F. The number of nitro benzene ring substituents is 1. The topological polar surface area (TPSA) is 81.5 Å². The fourth-order valence-electron chi connectivity index (χ4n) is 2.28. The van der Waals surface area contributed by atoms with Gasteiger partial charge in [-0.1, -0.05) is 0 Å². The largest absolute Gasteiger partial charge is 0.378 e. The van der Waals surface area contributed by atoms with Gasteiger partial charge in [0, 0.05) is 25.3 Å². The quantitative estimate of drug-likeness (QED) is 0.668. The van der Waals surface area contributed by atoms with Crippen molar-refractivity contribution in [2.45, 2.75) is 31.8 Å². The van der Waals surface area contributed by atoms with Gasteiger partial charge in [0.15, 0.2) is 0 Å². The standard InChI is InChI=1S/C14H17FN2O4/c15-13-5-4-10(17(19)20)9-12(13)14(18)16-7-6-11-3-1-2-8-21-11/h4-5,9,11H,1-3,6-8H2,(H,16,18). The van der Waals surface area contributed by atoms with E-state index in [1.54, 1.807) is 0 Å². The van der Waals surface area contributed by atoms with Gasteiger partial charge >= 0.3 is 0 Å². The molecule has 1 aromatic rings. The van der Waals surface area contributed by atoms with Crippen molar-refractivity contribution in [1.29, 1.82) is 0 Å². The third-order valence-electron chi connectivity index (χ3n) is 3.43. The zero-order valence-corrected chi connectivity index (χ0v) is 11.5. The third kappa shape index (κ3) is 4.22. The van der Waals surface area contributed by atoms with Crippen LogP contribution in [0.5, 0.6) is 0 Å². The summed E-state index contributed by atoms with van der Waals surface area (Å²) >= 11 is 0. The Morgan fingerprint density at radius 1 is 1.48 bits per heavy atom. The predicted octanol–water partition coefficient (Wildman–Crippen LogP) is 2.42. The number of amides is 1. The van der Waals surface area contributed by atoms with E-state index in [-0.39, 0.29) is 17.4 Å². The highest BCUT2D eigenvalue weighted by Crippen LogP contribution is 2.17. The molecule has 21 heavy (non-hydrogen) atoms. The molecule has 0 aromatic heterocycles. The van der Waals surface area contributed by atoms with Crippen LogP contribution in [0.2, 0.25) is 0 Å². The summed E-state index contributed by atoms with van der Waals surface area (Å²) in [5.41, 5.74) is -0.620. The molecule has 1 aromatic carbocycles. The first-order valence-electron chi connectivity index (χ1n) is 6.91. The van der Waals surface area contributed by atoms with E-state index in [0.717, 1.165) is 44.1 Å². The maximum Gasteiger partial charge on any atom is 0.270 e. The van der Waals surface area contributed by atoms with Crippen molar-refractivity contribution >= 4 is 11.6 Å². The Morgan fingerprint density at radius 2 is 2.29 bits per heavy atom. The summed E-state index contributed by atoms with van der Waals surface area (Å²) in [6.45, 7) is 1.09. The van der Waals surface area contributed by atoms with Crippen LogP contribution in [0.3, 0.4) is 0 Å². The molecule has 0 spiro atoms. The first kappa shape index (κ1) is 15.4. The number of benzene rings is 1. The molecule has 1 N–H and O–H groups in total. The second-order valence-corrected chi connectivity index (χ2v) is 4.95. The highest BCUT2D eigenvalue weighted by molar-refractivity contribution is 5.95. The molecular weight excluding hydrogens is 279 g/mol. The molecule has 0 radical (unpaired) electrons. The lowest BCUT2D eigenvalue weighted by atomic mass is 10.1. The molecule has 1 saturated heterocycles. The summed E-state index contributed by atoms with van der Waals surface area (Å²) in [7, 11) is 0. The molecule has 1 fully saturated rings. The molecule has 1 aliphatic heterocycles. The Balaban J connectivity index is 1.90. The van der Waals surface area contributed by atoms with E-state index >= 15 is 0 Å². The number of non-ortho nitro benzene ring substituents is 1. The molecule has 6 nitrogen and oxygen atoms in total. The lowest BCUT2D eigenvalue weighted by molar-refractivity contribution is -0.384. The lowest BCUT2D eigenvalue weighted by Gasteiger charge is -2.22. The molecule has 114 valence electrons. The second-order valence-electron chi connectivity index (χ2n) is 4.95. The number of nitro groups is 1. The number of ether oxygens (including phenoxy) is 1. The Hall–Kier alpha value is -2.02. The first-order chi connectivity index (χ1) is 10.1. The Kier molecular flexibility index (Phi) is 5.21. The lowest BCUT2D eigenvalue weighted by Crippen LogP contribution is -2.30. The minimum Gasteiger partial charge on any atom is -0.378 e. The van der Waals surface area contributed by atoms with E-state index in [9.17, 15) is 19.3 Å². The van der Waals surface area contributed by atoms with Gasteiger partial charge in [0.25, 0.3) is 11.6 Å². The zero-order chi connectivity index (χ0) is 15.2. The maximum atomic E-state index is 13.6. The van der Waals surface area contributed by atoms with Gasteiger partial charge < -0.3 is 10.1 Å². The van der Waals surface area contributed by atoms with Gasteiger partial charge in [-0.2, -0.15) is 0 Å². The van der Waals surface area contributed by atoms with Crippen LogP contribution >= 0.6 is 0 Å². The van der Waals surface area contributed by atoms with Gasteiger partial charge in [0.2, 0.25) is 0 Å². The summed E-state index contributed by atoms with van der Waals surface area (Å²) in [5.74, 6) is -1.42. The molecule has 1 heterocycles. The summed E-state index contributed by atoms with van der Waals surface area (Å²) in [6.07, 6.45) is 3.90. The van der Waals surface area contributed by atoms with Gasteiger partial charge in [-0.3, -0.25) is 14.9 Å². The molecular formula is C14H17FN2O4. The third-order valence-corrected chi connectivity index (χ3v) is 3.43. The van der Waals surface area contributed by atoms with Crippen LogP contribution in [-0.4, -0.2) is 30.1 Å². The normalized spacial score (nSPS) is 18.2. The van der Waals surface area contributed by atoms with Crippen molar-refractivity contribution in [3.8, 4) is 0 Å². The Labute approximate surface area is 121 Å². The summed E-state index contributed by atoms with van der Waals surface area (Å²) in [4.78, 5) is 21.8. The zero-order valence-electron chi connectivity index (χ0n) is 11.5. The number of nitrogens with zero attached hydrogens (tertiary/aromatic N) is 1. The van der Waals surface area contributed by atoms with E-state index in [4.69, 9.17) is 4.74 Å². The van der Waals surface area contributed by atoms with Crippen molar-refractivity contribution < 1.29 is 18.8 Å². The van der Waals surface area contributed by atoms with Crippen molar-refractivity contribution in [1.82, 2.24) is 5.32 Å². The number of nitrogens with one attached hydrogen (secondary N) is 1. The number of hydrogen-bond donors (Lipinski definition) is 1. The van der Waals surface area contributed by atoms with Gasteiger partial charge in [-0.25, -0.2) is 4.39 Å².